The molecular weight excluding hydrogens is 326 g/mol. The first-order valence-corrected chi connectivity index (χ1v) is 8.02. The molecule has 112 valence electrons. The minimum absolute atomic E-state index is 0.478. The summed E-state index contributed by atoms with van der Waals surface area (Å²) in [7, 11) is 0. The fourth-order valence-electron chi connectivity index (χ4n) is 2.14. The standard InChI is InChI=1S/C18H22BrNO/c1-12(2)20-11-15-6-5-7-16(10-15)21-17-8-13(3)18(19)14(4)9-17/h5-10,12,20H,11H2,1-4H3. The van der Waals surface area contributed by atoms with Crippen LogP contribution < -0.4 is 10.1 Å². The first-order chi connectivity index (χ1) is 9.95. The smallest absolute Gasteiger partial charge is 0.128 e. The van der Waals surface area contributed by atoms with Crippen molar-refractivity contribution in [3.8, 4) is 11.5 Å². The molecule has 0 radical (unpaired) electrons. The van der Waals surface area contributed by atoms with Gasteiger partial charge in [-0.05, 0) is 54.8 Å². The van der Waals surface area contributed by atoms with E-state index in [9.17, 15) is 0 Å². The molecule has 0 fully saturated rings. The Balaban J connectivity index is 2.14. The number of hydrogen-bond acceptors (Lipinski definition) is 2. The molecule has 3 heteroatoms. The molecule has 0 amide bonds. The Kier molecular flexibility index (Phi) is 5.43. The van der Waals surface area contributed by atoms with Crippen LogP contribution in [0.2, 0.25) is 0 Å². The molecule has 0 aliphatic heterocycles. The number of benzene rings is 2. The molecule has 0 aliphatic carbocycles. The molecule has 0 spiro atoms. The lowest BCUT2D eigenvalue weighted by molar-refractivity contribution is 0.480. The summed E-state index contributed by atoms with van der Waals surface area (Å²) in [5, 5.41) is 3.42. The van der Waals surface area contributed by atoms with E-state index in [0.717, 1.165) is 22.5 Å². The second kappa shape index (κ2) is 7.10. The van der Waals surface area contributed by atoms with Crippen LogP contribution >= 0.6 is 15.9 Å². The second-order valence-corrected chi connectivity index (χ2v) is 6.45. The topological polar surface area (TPSA) is 21.3 Å². The highest BCUT2D eigenvalue weighted by Crippen LogP contribution is 2.29. The zero-order valence-corrected chi connectivity index (χ0v) is 14.6. The van der Waals surface area contributed by atoms with Crippen molar-refractivity contribution in [3.63, 3.8) is 0 Å². The Morgan fingerprint density at radius 1 is 1.05 bits per heavy atom. The van der Waals surface area contributed by atoms with Gasteiger partial charge in [0.1, 0.15) is 11.5 Å². The van der Waals surface area contributed by atoms with Crippen LogP contribution in [0.25, 0.3) is 0 Å². The van der Waals surface area contributed by atoms with Crippen LogP contribution in [0.4, 0.5) is 0 Å². The van der Waals surface area contributed by atoms with Crippen LogP contribution in [0.5, 0.6) is 11.5 Å². The molecule has 0 saturated heterocycles. The number of aryl methyl sites for hydroxylation is 2. The van der Waals surface area contributed by atoms with Gasteiger partial charge in [-0.2, -0.15) is 0 Å². The Morgan fingerprint density at radius 3 is 2.33 bits per heavy atom. The summed E-state index contributed by atoms with van der Waals surface area (Å²) in [5.41, 5.74) is 3.59. The van der Waals surface area contributed by atoms with Gasteiger partial charge in [-0.3, -0.25) is 0 Å². The largest absolute Gasteiger partial charge is 0.457 e. The lowest BCUT2D eigenvalue weighted by Crippen LogP contribution is -2.21. The Morgan fingerprint density at radius 2 is 1.71 bits per heavy atom. The third-order valence-corrected chi connectivity index (χ3v) is 4.51. The van der Waals surface area contributed by atoms with Crippen LogP contribution in [0.15, 0.2) is 40.9 Å². The van der Waals surface area contributed by atoms with Crippen LogP contribution in [0, 0.1) is 13.8 Å². The van der Waals surface area contributed by atoms with E-state index in [4.69, 9.17) is 4.74 Å². The van der Waals surface area contributed by atoms with Gasteiger partial charge in [-0.15, -0.1) is 0 Å². The van der Waals surface area contributed by atoms with Gasteiger partial charge < -0.3 is 10.1 Å². The minimum atomic E-state index is 0.478. The molecule has 0 aromatic heterocycles. The fraction of sp³-hybridized carbons (Fsp3) is 0.333. The first kappa shape index (κ1) is 16.1. The van der Waals surface area contributed by atoms with E-state index in [1.165, 1.54) is 16.7 Å². The third kappa shape index (κ3) is 4.58. The predicted molar refractivity (Wildman–Crippen MR) is 92.1 cm³/mol. The number of halogens is 1. The zero-order chi connectivity index (χ0) is 15.4. The molecule has 0 unspecified atom stereocenters. The second-order valence-electron chi connectivity index (χ2n) is 5.66. The molecule has 21 heavy (non-hydrogen) atoms. The summed E-state index contributed by atoms with van der Waals surface area (Å²) < 4.78 is 7.14. The molecule has 0 atom stereocenters. The van der Waals surface area contributed by atoms with Crippen molar-refractivity contribution in [1.82, 2.24) is 5.32 Å². The van der Waals surface area contributed by atoms with Gasteiger partial charge in [0.2, 0.25) is 0 Å². The van der Waals surface area contributed by atoms with E-state index >= 15 is 0 Å². The van der Waals surface area contributed by atoms with Crippen molar-refractivity contribution in [2.45, 2.75) is 40.3 Å². The van der Waals surface area contributed by atoms with E-state index < -0.39 is 0 Å². The average Bonchev–Trinajstić information content (AvgIpc) is 2.43. The molecule has 2 nitrogen and oxygen atoms in total. The first-order valence-electron chi connectivity index (χ1n) is 7.22. The molecule has 0 saturated carbocycles. The van der Waals surface area contributed by atoms with E-state index in [-0.39, 0.29) is 0 Å². The molecule has 0 bridgehead atoms. The van der Waals surface area contributed by atoms with E-state index in [0.29, 0.717) is 6.04 Å². The summed E-state index contributed by atoms with van der Waals surface area (Å²) in [4.78, 5) is 0. The Labute approximate surface area is 135 Å². The third-order valence-electron chi connectivity index (χ3n) is 3.26. The van der Waals surface area contributed by atoms with E-state index in [2.05, 4.69) is 73.2 Å². The summed E-state index contributed by atoms with van der Waals surface area (Å²) in [6.07, 6.45) is 0. The van der Waals surface area contributed by atoms with Crippen molar-refractivity contribution in [2.75, 3.05) is 0 Å². The number of nitrogens with one attached hydrogen (secondary N) is 1. The summed E-state index contributed by atoms with van der Waals surface area (Å²) in [6.45, 7) is 9.30. The van der Waals surface area contributed by atoms with Gasteiger partial charge in [0, 0.05) is 17.1 Å². The number of ether oxygens (including phenoxy) is 1. The summed E-state index contributed by atoms with van der Waals surface area (Å²) >= 11 is 3.58. The van der Waals surface area contributed by atoms with Gasteiger partial charge in [0.15, 0.2) is 0 Å². The maximum atomic E-state index is 5.99. The van der Waals surface area contributed by atoms with E-state index in [1.54, 1.807) is 0 Å². The molecule has 0 aliphatic rings. The predicted octanol–water partition coefficient (Wildman–Crippen LogP) is 5.36. The fourth-order valence-corrected chi connectivity index (χ4v) is 2.37. The maximum Gasteiger partial charge on any atom is 0.128 e. The van der Waals surface area contributed by atoms with Gasteiger partial charge in [-0.25, -0.2) is 0 Å². The van der Waals surface area contributed by atoms with Gasteiger partial charge in [0.25, 0.3) is 0 Å². The van der Waals surface area contributed by atoms with Crippen molar-refractivity contribution in [3.05, 3.63) is 57.6 Å². The van der Waals surface area contributed by atoms with Crippen molar-refractivity contribution in [1.29, 1.82) is 0 Å². The van der Waals surface area contributed by atoms with E-state index in [1.807, 2.05) is 12.1 Å². The van der Waals surface area contributed by atoms with Crippen molar-refractivity contribution in [2.24, 2.45) is 0 Å². The molecule has 2 aromatic carbocycles. The van der Waals surface area contributed by atoms with Crippen LogP contribution in [0.1, 0.15) is 30.5 Å². The lowest BCUT2D eigenvalue weighted by atomic mass is 10.1. The molecule has 2 aromatic rings. The monoisotopic (exact) mass is 347 g/mol. The van der Waals surface area contributed by atoms with Crippen molar-refractivity contribution >= 4 is 15.9 Å². The summed E-state index contributed by atoms with van der Waals surface area (Å²) in [5.74, 6) is 1.75. The van der Waals surface area contributed by atoms with Crippen LogP contribution in [-0.4, -0.2) is 6.04 Å². The molecule has 1 N–H and O–H groups in total. The average molecular weight is 348 g/mol. The van der Waals surface area contributed by atoms with Gasteiger partial charge in [0.05, 0.1) is 0 Å². The number of hydrogen-bond donors (Lipinski definition) is 1. The van der Waals surface area contributed by atoms with Crippen LogP contribution in [0.3, 0.4) is 0 Å². The van der Waals surface area contributed by atoms with Crippen LogP contribution in [-0.2, 0) is 6.54 Å². The molecule has 2 rings (SSSR count). The number of rotatable bonds is 5. The normalized spacial score (nSPS) is 11.0. The minimum Gasteiger partial charge on any atom is -0.457 e. The quantitative estimate of drug-likeness (QED) is 0.786. The lowest BCUT2D eigenvalue weighted by Gasteiger charge is -2.12. The Hall–Kier alpha value is -1.32. The zero-order valence-electron chi connectivity index (χ0n) is 13.0. The van der Waals surface area contributed by atoms with Gasteiger partial charge >= 0.3 is 0 Å². The highest BCUT2D eigenvalue weighted by Gasteiger charge is 2.05. The Bertz CT molecular complexity index is 599. The highest BCUT2D eigenvalue weighted by atomic mass is 79.9. The SMILES string of the molecule is Cc1cc(Oc2cccc(CNC(C)C)c2)cc(C)c1Br. The molecule has 0 heterocycles. The van der Waals surface area contributed by atoms with Crippen molar-refractivity contribution < 1.29 is 4.74 Å². The highest BCUT2D eigenvalue weighted by molar-refractivity contribution is 9.10. The summed E-state index contributed by atoms with van der Waals surface area (Å²) in [6, 6.07) is 12.8. The maximum absolute atomic E-state index is 5.99. The molecular formula is C18H22BrNO. The van der Waals surface area contributed by atoms with Gasteiger partial charge in [-0.1, -0.05) is 41.9 Å².